The summed E-state index contributed by atoms with van der Waals surface area (Å²) in [6, 6.07) is 172. The second kappa shape index (κ2) is 38.8. The van der Waals surface area contributed by atoms with Crippen molar-refractivity contribution in [1.82, 2.24) is 4.57 Å². The zero-order valence-electron chi connectivity index (χ0n) is 79.1. The molecule has 0 fully saturated rings. The summed E-state index contributed by atoms with van der Waals surface area (Å²) < 4.78 is 9.16. The van der Waals surface area contributed by atoms with Crippen LogP contribution in [-0.4, -0.2) is 4.57 Å². The Morgan fingerprint density at radius 2 is 0.424 bits per heavy atom. The molecule has 0 radical (unpaired) electrons. The number of anilines is 9. The second-order valence-corrected chi connectivity index (χ2v) is 42.5. The first kappa shape index (κ1) is 91.6. The first-order valence-electron chi connectivity index (χ1n) is 48.4. The van der Waals surface area contributed by atoms with Gasteiger partial charge in [-0.15, -0.1) is 0 Å². The van der Waals surface area contributed by atoms with Crippen LogP contribution in [-0.2, 0) is 0 Å². The van der Waals surface area contributed by atoms with Crippen LogP contribution in [0.4, 0.5) is 51.2 Å². The maximum Gasteiger partial charge on any atom is 0.0547 e. The summed E-state index contributed by atoms with van der Waals surface area (Å²) >= 11 is 22.3. The van der Waals surface area contributed by atoms with Crippen molar-refractivity contribution in [3.8, 4) is 27.9 Å². The fourth-order valence-electron chi connectivity index (χ4n) is 21.3. The Bertz CT molecular complexity index is 9190. The van der Waals surface area contributed by atoms with Crippen LogP contribution in [0.2, 0.25) is 0 Å². The molecule has 0 aliphatic carbocycles. The Balaban J connectivity index is 0.000000108. The van der Waals surface area contributed by atoms with E-state index < -0.39 is 0 Å². The van der Waals surface area contributed by atoms with Crippen molar-refractivity contribution in [2.45, 2.75) is 27.7 Å². The molecular formula is C134H90Br6N4. The van der Waals surface area contributed by atoms with E-state index in [9.17, 15) is 0 Å². The number of aromatic nitrogens is 1. The Morgan fingerprint density at radius 3 is 0.750 bits per heavy atom. The molecule has 0 aliphatic heterocycles. The van der Waals surface area contributed by atoms with Crippen LogP contribution in [0.3, 0.4) is 0 Å². The molecule has 0 N–H and O–H groups in total. The van der Waals surface area contributed by atoms with Crippen LogP contribution < -0.4 is 14.7 Å². The summed E-state index contributed by atoms with van der Waals surface area (Å²) in [5.41, 5.74) is 23.7. The number of rotatable bonds is 12. The highest BCUT2D eigenvalue weighted by molar-refractivity contribution is 9.11. The lowest BCUT2D eigenvalue weighted by molar-refractivity contribution is 1.20. The van der Waals surface area contributed by atoms with Gasteiger partial charge in [-0.3, -0.25) is 0 Å². The van der Waals surface area contributed by atoms with E-state index in [0.717, 1.165) is 72.3 Å². The van der Waals surface area contributed by atoms with Crippen LogP contribution in [0.5, 0.6) is 0 Å². The van der Waals surface area contributed by atoms with Crippen molar-refractivity contribution in [2.75, 3.05) is 14.7 Å². The van der Waals surface area contributed by atoms with Gasteiger partial charge in [0.2, 0.25) is 0 Å². The lowest BCUT2D eigenvalue weighted by Crippen LogP contribution is -2.12. The van der Waals surface area contributed by atoms with E-state index in [0.29, 0.717) is 0 Å². The monoisotopic (exact) mass is 2230 g/mol. The van der Waals surface area contributed by atoms with Crippen molar-refractivity contribution in [2.24, 2.45) is 0 Å². The van der Waals surface area contributed by atoms with Gasteiger partial charge >= 0.3 is 0 Å². The SMILES string of the molecule is Brc1cc2c3ccccc3c(-n3c4ccc(-c5ccccc5)cc4c4cc(-c5ccccc5)ccc43)cc2c2ccccc12.Brc1ccc2ccc3c(Br)ccc4ccc1c2c43.Cc1ccc(N(c2ccc(Br)cc2)c2cc3c4ccccc4c(N(c4ccc(C)cc4)c4ccc(Br)cc4)cc3c3ccccc23)cc1.Cc1ccc(N(c2ccc(C)cc2)c2cc3c4ccccc4c(Br)cc3c3ccccc23)cc1. The molecule has 0 unspecified atom stereocenters. The van der Waals surface area contributed by atoms with E-state index in [1.165, 1.54) is 207 Å². The molecule has 688 valence electrons. The molecule has 27 aromatic rings. The van der Waals surface area contributed by atoms with Gasteiger partial charge in [-0.25, -0.2) is 0 Å². The highest BCUT2D eigenvalue weighted by Gasteiger charge is 2.27. The number of aryl methyl sites for hydroxylation is 4. The fraction of sp³-hybridized carbons (Fsp3) is 0.0299. The summed E-state index contributed by atoms with van der Waals surface area (Å²) in [5.74, 6) is 0. The molecule has 1 heterocycles. The van der Waals surface area contributed by atoms with Crippen molar-refractivity contribution in [3.05, 3.63) is 522 Å². The molecule has 144 heavy (non-hydrogen) atoms. The smallest absolute Gasteiger partial charge is 0.0547 e. The third-order valence-electron chi connectivity index (χ3n) is 28.3. The predicted molar refractivity (Wildman–Crippen MR) is 641 cm³/mol. The van der Waals surface area contributed by atoms with Crippen LogP contribution in [0.25, 0.3) is 179 Å². The number of fused-ring (bicyclic) bond motifs is 18. The maximum absolute atomic E-state index is 3.87. The van der Waals surface area contributed by atoms with Crippen molar-refractivity contribution >= 4 is 298 Å². The summed E-state index contributed by atoms with van der Waals surface area (Å²) in [6.45, 7) is 8.54. The number of hydrogen-bond donors (Lipinski definition) is 0. The van der Waals surface area contributed by atoms with Crippen LogP contribution in [0.1, 0.15) is 22.3 Å². The molecule has 10 heteroatoms. The minimum absolute atomic E-state index is 1.06. The molecule has 0 saturated carbocycles. The molecule has 0 aliphatic rings. The van der Waals surface area contributed by atoms with Gasteiger partial charge in [-0.05, 0) is 328 Å². The zero-order chi connectivity index (χ0) is 97.5. The van der Waals surface area contributed by atoms with E-state index in [1.807, 2.05) is 0 Å². The van der Waals surface area contributed by atoms with E-state index >= 15 is 0 Å². The minimum atomic E-state index is 1.06. The van der Waals surface area contributed by atoms with E-state index in [1.54, 1.807) is 0 Å². The van der Waals surface area contributed by atoms with Gasteiger partial charge in [0.1, 0.15) is 0 Å². The Kier molecular flexibility index (Phi) is 24.7. The molecule has 0 atom stereocenters. The molecule has 27 rings (SSSR count). The molecule has 0 bridgehead atoms. The van der Waals surface area contributed by atoms with Gasteiger partial charge < -0.3 is 19.3 Å². The lowest BCUT2D eigenvalue weighted by atomic mass is 9.93. The first-order chi connectivity index (χ1) is 70.5. The lowest BCUT2D eigenvalue weighted by Gasteiger charge is -2.30. The first-order valence-corrected chi connectivity index (χ1v) is 53.1. The predicted octanol–water partition coefficient (Wildman–Crippen LogP) is 42.7. The molecule has 0 amide bonds. The second-order valence-electron chi connectivity index (χ2n) is 37.2. The molecule has 0 saturated heterocycles. The average molecular weight is 2240 g/mol. The largest absolute Gasteiger partial charge is 0.310 e. The number of nitrogens with zero attached hydrogens (tertiary/aromatic N) is 4. The summed E-state index contributed by atoms with van der Waals surface area (Å²) in [7, 11) is 0. The maximum atomic E-state index is 3.87. The number of benzene rings is 26. The third-order valence-corrected chi connectivity index (χ3v) is 32.1. The third kappa shape index (κ3) is 17.0. The number of halogens is 6. The van der Waals surface area contributed by atoms with E-state index in [-0.39, 0.29) is 0 Å². The number of hydrogen-bond acceptors (Lipinski definition) is 3. The standard InChI is InChI=1S/C44H32Br2N2.C42H26BrN.C32H24BrN.C16H8Br2/c1-29-11-19-33(20-12-29)47(35-23-15-31(45)16-24-35)43-27-41-38-8-4-6-10-40(38)44(28-42(41)37-7-3-5-9-39(37)43)48(34-21-13-30(2)14-22-34)36-25-17-32(46)18-26-36;43-39-25-35-32-16-8-10-18-34(32)42(26-36(35)31-15-7-9-17-33(31)39)44-40-21-19-29(27-11-3-1-4-12-27)23-37(40)38-24-30(20-22-41(38)44)28-13-5-2-6-14-28;1-21-11-15-23(16-12-21)34(24-17-13-22(2)14-18-24)32-20-30-25-7-3-5-9-27(25)31(33)19-29(30)26-8-4-6-10-28(26)32;17-13-8-4-10-2-6-12-14(18)7-3-9-1-5-11(13)16(10)15(9)12/h3-28H,1-2H3;1-26H;3-20H,1-2H3;1-8H. The summed E-state index contributed by atoms with van der Waals surface area (Å²) in [4.78, 5) is 7.16. The molecule has 1 aromatic heterocycles. The van der Waals surface area contributed by atoms with Crippen molar-refractivity contribution in [3.63, 3.8) is 0 Å². The Labute approximate surface area is 886 Å². The Hall–Kier alpha value is -14.8. The summed E-state index contributed by atoms with van der Waals surface area (Å²) in [6.07, 6.45) is 0. The zero-order valence-corrected chi connectivity index (χ0v) is 88.6. The molecular weight excluding hydrogens is 2140 g/mol. The highest BCUT2D eigenvalue weighted by Crippen LogP contribution is 2.52. The Morgan fingerprint density at radius 1 is 0.167 bits per heavy atom. The normalized spacial score (nSPS) is 11.5. The van der Waals surface area contributed by atoms with E-state index in [4.69, 9.17) is 0 Å². The van der Waals surface area contributed by atoms with E-state index in [2.05, 4.69) is 616 Å². The average Bonchev–Trinajstić information content (AvgIpc) is 0.872. The minimum Gasteiger partial charge on any atom is -0.310 e. The van der Waals surface area contributed by atoms with Gasteiger partial charge in [0.25, 0.3) is 0 Å². The van der Waals surface area contributed by atoms with Gasteiger partial charge in [0.15, 0.2) is 0 Å². The van der Waals surface area contributed by atoms with Crippen LogP contribution >= 0.6 is 95.6 Å². The van der Waals surface area contributed by atoms with Crippen molar-refractivity contribution < 1.29 is 0 Å². The van der Waals surface area contributed by atoms with Crippen LogP contribution in [0, 0.1) is 27.7 Å². The molecule has 26 aromatic carbocycles. The van der Waals surface area contributed by atoms with Crippen molar-refractivity contribution in [1.29, 1.82) is 0 Å². The summed E-state index contributed by atoms with van der Waals surface area (Å²) in [5, 5.41) is 32.6. The van der Waals surface area contributed by atoms with Gasteiger partial charge in [-0.1, -0.05) is 421 Å². The molecule has 4 nitrogen and oxygen atoms in total. The highest BCUT2D eigenvalue weighted by atomic mass is 79.9. The quantitative estimate of drug-likeness (QED) is 0.113. The van der Waals surface area contributed by atoms with Gasteiger partial charge in [-0.2, -0.15) is 0 Å². The van der Waals surface area contributed by atoms with Crippen LogP contribution in [0.15, 0.2) is 500 Å². The molecule has 0 spiro atoms. The fourth-order valence-corrected chi connectivity index (χ4v) is 23.9. The topological polar surface area (TPSA) is 14.7 Å². The van der Waals surface area contributed by atoms with Gasteiger partial charge in [0.05, 0.1) is 33.8 Å². The van der Waals surface area contributed by atoms with Gasteiger partial charge in [0, 0.05) is 93.3 Å².